The van der Waals surface area contributed by atoms with Gasteiger partial charge in [-0.25, -0.2) is 4.39 Å². The first-order valence-corrected chi connectivity index (χ1v) is 6.54. The molecule has 3 aromatic rings. The molecule has 0 aliphatic rings. The molecule has 0 fully saturated rings. The Morgan fingerprint density at radius 3 is 2.76 bits per heavy atom. The average Bonchev–Trinajstić information content (AvgIpc) is 2.89. The summed E-state index contributed by atoms with van der Waals surface area (Å²) >= 11 is 6.10. The summed E-state index contributed by atoms with van der Waals surface area (Å²) in [7, 11) is 0. The number of aryl methyl sites for hydroxylation is 1. The average molecular weight is 304 g/mol. The van der Waals surface area contributed by atoms with Crippen LogP contribution in [0, 0.1) is 12.7 Å². The molecule has 3 rings (SSSR count). The van der Waals surface area contributed by atoms with Gasteiger partial charge < -0.3 is 5.73 Å². The Bertz CT molecular complexity index is 795. The van der Waals surface area contributed by atoms with Crippen molar-refractivity contribution in [3.8, 4) is 17.1 Å². The largest absolute Gasteiger partial charge is 0.399 e. The summed E-state index contributed by atoms with van der Waals surface area (Å²) in [4.78, 5) is 0. The zero-order valence-electron chi connectivity index (χ0n) is 11.1. The van der Waals surface area contributed by atoms with E-state index in [1.807, 2.05) is 19.1 Å². The fourth-order valence-corrected chi connectivity index (χ4v) is 2.32. The van der Waals surface area contributed by atoms with Crippen molar-refractivity contribution in [3.63, 3.8) is 0 Å². The summed E-state index contributed by atoms with van der Waals surface area (Å²) in [5.41, 5.74) is 8.53. The molecule has 0 aliphatic carbocycles. The lowest BCUT2D eigenvalue weighted by Crippen LogP contribution is -2.02. The maximum absolute atomic E-state index is 13.4. The molecule has 7 heteroatoms. The van der Waals surface area contributed by atoms with Crippen LogP contribution < -0.4 is 5.73 Å². The molecule has 0 atom stereocenters. The Morgan fingerprint density at radius 1 is 1.19 bits per heavy atom. The summed E-state index contributed by atoms with van der Waals surface area (Å²) in [5, 5.41) is 11.9. The minimum Gasteiger partial charge on any atom is -0.399 e. The topological polar surface area (TPSA) is 69.6 Å². The molecule has 2 N–H and O–H groups in total. The second-order valence-electron chi connectivity index (χ2n) is 4.64. The summed E-state index contributed by atoms with van der Waals surface area (Å²) in [6.07, 6.45) is 0. The van der Waals surface area contributed by atoms with Gasteiger partial charge in [-0.3, -0.25) is 0 Å². The van der Waals surface area contributed by atoms with E-state index in [-0.39, 0.29) is 0 Å². The zero-order valence-corrected chi connectivity index (χ0v) is 11.8. The van der Waals surface area contributed by atoms with Gasteiger partial charge in [0, 0.05) is 17.3 Å². The Labute approximate surface area is 125 Å². The van der Waals surface area contributed by atoms with Crippen molar-refractivity contribution in [2.75, 3.05) is 5.73 Å². The van der Waals surface area contributed by atoms with E-state index < -0.39 is 5.82 Å². The first kappa shape index (κ1) is 13.5. The van der Waals surface area contributed by atoms with Crippen LogP contribution in [0.4, 0.5) is 10.1 Å². The van der Waals surface area contributed by atoms with Crippen molar-refractivity contribution in [1.29, 1.82) is 0 Å². The van der Waals surface area contributed by atoms with Crippen molar-refractivity contribution in [2.45, 2.75) is 6.92 Å². The quantitative estimate of drug-likeness (QED) is 0.739. The molecule has 0 saturated heterocycles. The predicted octanol–water partition coefficient (Wildman–Crippen LogP) is 3.01. The first-order valence-electron chi connectivity index (χ1n) is 6.16. The smallest absolute Gasteiger partial charge is 0.187 e. The van der Waals surface area contributed by atoms with E-state index in [9.17, 15) is 4.39 Å². The molecule has 5 nitrogen and oxygen atoms in total. The first-order chi connectivity index (χ1) is 10.0. The van der Waals surface area contributed by atoms with Gasteiger partial charge in [-0.1, -0.05) is 11.6 Å². The number of rotatable bonds is 2. The van der Waals surface area contributed by atoms with E-state index in [1.165, 1.54) is 22.9 Å². The molecular formula is C14H11ClFN5. The summed E-state index contributed by atoms with van der Waals surface area (Å²) in [6.45, 7) is 1.92. The van der Waals surface area contributed by atoms with Gasteiger partial charge in [0.05, 0.1) is 10.7 Å². The minimum absolute atomic E-state index is 0.352. The van der Waals surface area contributed by atoms with Crippen LogP contribution in [-0.2, 0) is 0 Å². The number of hydrogen-bond donors (Lipinski definition) is 1. The molecule has 0 bridgehead atoms. The van der Waals surface area contributed by atoms with Crippen LogP contribution in [0.3, 0.4) is 0 Å². The molecule has 21 heavy (non-hydrogen) atoms. The summed E-state index contributed by atoms with van der Waals surface area (Å²) in [5.74, 6) is 0.0255. The monoisotopic (exact) mass is 303 g/mol. The maximum Gasteiger partial charge on any atom is 0.187 e. The summed E-state index contributed by atoms with van der Waals surface area (Å²) < 4.78 is 14.8. The molecule has 1 heterocycles. The Kier molecular flexibility index (Phi) is 3.31. The van der Waals surface area contributed by atoms with Crippen LogP contribution >= 0.6 is 11.6 Å². The van der Waals surface area contributed by atoms with Gasteiger partial charge in [0.1, 0.15) is 5.82 Å². The van der Waals surface area contributed by atoms with Gasteiger partial charge in [-0.05, 0) is 53.2 Å². The molecule has 0 spiro atoms. The van der Waals surface area contributed by atoms with Crippen LogP contribution in [0.1, 0.15) is 5.56 Å². The third-order valence-electron chi connectivity index (χ3n) is 2.96. The van der Waals surface area contributed by atoms with E-state index in [0.717, 1.165) is 11.1 Å². The number of benzene rings is 2. The third-order valence-corrected chi connectivity index (χ3v) is 3.28. The van der Waals surface area contributed by atoms with E-state index in [0.29, 0.717) is 22.2 Å². The molecule has 0 saturated carbocycles. The van der Waals surface area contributed by atoms with Crippen LogP contribution in [-0.4, -0.2) is 20.2 Å². The lowest BCUT2D eigenvalue weighted by molar-refractivity contribution is 0.625. The van der Waals surface area contributed by atoms with Crippen molar-refractivity contribution < 1.29 is 4.39 Å². The number of halogens is 2. The van der Waals surface area contributed by atoms with E-state index in [1.54, 1.807) is 6.07 Å². The number of nitrogens with two attached hydrogens (primary N) is 1. The van der Waals surface area contributed by atoms with Crippen molar-refractivity contribution in [2.24, 2.45) is 0 Å². The minimum atomic E-state index is -0.417. The molecular weight excluding hydrogens is 293 g/mol. The highest BCUT2D eigenvalue weighted by atomic mass is 35.5. The highest BCUT2D eigenvalue weighted by Gasteiger charge is 2.14. The second kappa shape index (κ2) is 5.14. The van der Waals surface area contributed by atoms with Gasteiger partial charge in [0.2, 0.25) is 0 Å². The highest BCUT2D eigenvalue weighted by molar-refractivity contribution is 6.32. The molecule has 0 amide bonds. The van der Waals surface area contributed by atoms with E-state index in [2.05, 4.69) is 15.5 Å². The third kappa shape index (κ3) is 2.57. The van der Waals surface area contributed by atoms with Gasteiger partial charge in [0.15, 0.2) is 5.82 Å². The fourth-order valence-electron chi connectivity index (χ4n) is 2.12. The maximum atomic E-state index is 13.4. The SMILES string of the molecule is Cc1cc(N)cc(-c2nnnn2-c2cc(F)ccc2Cl)c1. The normalized spacial score (nSPS) is 10.8. The Balaban J connectivity index is 2.19. The molecule has 0 radical (unpaired) electrons. The number of aromatic nitrogens is 4. The van der Waals surface area contributed by atoms with Gasteiger partial charge in [-0.15, -0.1) is 5.10 Å². The predicted molar refractivity (Wildman–Crippen MR) is 78.7 cm³/mol. The van der Waals surface area contributed by atoms with Gasteiger partial charge in [0.25, 0.3) is 0 Å². The molecule has 1 aromatic heterocycles. The zero-order chi connectivity index (χ0) is 15.0. The lowest BCUT2D eigenvalue weighted by Gasteiger charge is -2.08. The standard InChI is InChI=1S/C14H11ClFN5/c1-8-4-9(6-11(17)5-8)14-18-19-20-21(14)13-7-10(16)2-3-12(13)15/h2-7H,17H2,1H3. The van der Waals surface area contributed by atoms with Gasteiger partial charge >= 0.3 is 0 Å². The Hall–Kier alpha value is -2.47. The van der Waals surface area contributed by atoms with Crippen LogP contribution in [0.15, 0.2) is 36.4 Å². The number of anilines is 1. The number of tetrazole rings is 1. The number of hydrogen-bond acceptors (Lipinski definition) is 4. The Morgan fingerprint density at radius 2 is 2.00 bits per heavy atom. The van der Waals surface area contributed by atoms with E-state index in [4.69, 9.17) is 17.3 Å². The molecule has 106 valence electrons. The lowest BCUT2D eigenvalue weighted by atomic mass is 10.1. The van der Waals surface area contributed by atoms with E-state index >= 15 is 0 Å². The van der Waals surface area contributed by atoms with Crippen molar-refractivity contribution in [3.05, 3.63) is 52.8 Å². The van der Waals surface area contributed by atoms with Crippen LogP contribution in [0.25, 0.3) is 17.1 Å². The number of nitrogen functional groups attached to an aromatic ring is 1. The molecule has 2 aromatic carbocycles. The molecule has 0 aliphatic heterocycles. The van der Waals surface area contributed by atoms with Crippen LogP contribution in [0.5, 0.6) is 0 Å². The molecule has 0 unspecified atom stereocenters. The fraction of sp³-hybridized carbons (Fsp3) is 0.0714. The van der Waals surface area contributed by atoms with Crippen molar-refractivity contribution >= 4 is 17.3 Å². The van der Waals surface area contributed by atoms with Crippen molar-refractivity contribution in [1.82, 2.24) is 20.2 Å². The second-order valence-corrected chi connectivity index (χ2v) is 5.05. The van der Waals surface area contributed by atoms with Gasteiger partial charge in [-0.2, -0.15) is 4.68 Å². The summed E-state index contributed by atoms with van der Waals surface area (Å²) in [6, 6.07) is 9.51. The number of nitrogens with zero attached hydrogens (tertiary/aromatic N) is 4. The van der Waals surface area contributed by atoms with Crippen LogP contribution in [0.2, 0.25) is 5.02 Å². The highest BCUT2D eigenvalue weighted by Crippen LogP contribution is 2.27.